The molecule has 29 heavy (non-hydrogen) atoms. The van der Waals surface area contributed by atoms with Crippen molar-refractivity contribution < 1.29 is 23.8 Å². The summed E-state index contributed by atoms with van der Waals surface area (Å²) >= 11 is 0. The van der Waals surface area contributed by atoms with Crippen LogP contribution in [0.1, 0.15) is 33.2 Å². The van der Waals surface area contributed by atoms with Crippen LogP contribution in [0.2, 0.25) is 0 Å². The molecule has 0 saturated heterocycles. The molecule has 0 unspecified atom stereocenters. The van der Waals surface area contributed by atoms with Crippen LogP contribution in [0.15, 0.2) is 72.8 Å². The van der Waals surface area contributed by atoms with E-state index in [0.717, 1.165) is 11.3 Å². The fourth-order valence-corrected chi connectivity index (χ4v) is 2.86. The number of esters is 1. The van der Waals surface area contributed by atoms with Crippen molar-refractivity contribution in [3.8, 4) is 17.2 Å². The summed E-state index contributed by atoms with van der Waals surface area (Å²) in [6, 6.07) is 15.3. The van der Waals surface area contributed by atoms with E-state index in [4.69, 9.17) is 14.2 Å². The Morgan fingerprint density at radius 3 is 2.62 bits per heavy atom. The van der Waals surface area contributed by atoms with Gasteiger partial charge in [-0.1, -0.05) is 12.1 Å². The maximum Gasteiger partial charge on any atom is 0.345 e. The van der Waals surface area contributed by atoms with Crippen LogP contribution in [0.5, 0.6) is 17.2 Å². The van der Waals surface area contributed by atoms with Gasteiger partial charge in [-0.25, -0.2) is 4.79 Å². The number of aromatic nitrogens is 1. The van der Waals surface area contributed by atoms with E-state index in [1.165, 1.54) is 12.3 Å². The second kappa shape index (κ2) is 7.98. The van der Waals surface area contributed by atoms with E-state index in [9.17, 15) is 9.59 Å². The summed E-state index contributed by atoms with van der Waals surface area (Å²) < 4.78 is 16.5. The van der Waals surface area contributed by atoms with Gasteiger partial charge >= 0.3 is 5.97 Å². The number of allylic oxidation sites excluding steroid dienone is 1. The summed E-state index contributed by atoms with van der Waals surface area (Å²) in [5.41, 5.74) is 1.57. The Hall–Kier alpha value is -3.93. The molecule has 0 radical (unpaired) electrons. The second-order valence-corrected chi connectivity index (χ2v) is 6.23. The molecule has 0 saturated carbocycles. The largest absolute Gasteiger partial charge is 0.494 e. The highest BCUT2D eigenvalue weighted by Gasteiger charge is 2.28. The zero-order valence-corrected chi connectivity index (χ0v) is 15.6. The molecular formula is C23H17NO5. The SMILES string of the molecule is CCOc1ccc(/C=C2\Oc3cc(OC(=O)c4cccnc4)ccc3C2=O)cc1. The van der Waals surface area contributed by atoms with Crippen molar-refractivity contribution in [2.75, 3.05) is 6.61 Å². The number of fused-ring (bicyclic) bond motifs is 1. The van der Waals surface area contributed by atoms with Crippen LogP contribution in [-0.2, 0) is 0 Å². The Morgan fingerprint density at radius 2 is 1.90 bits per heavy atom. The zero-order chi connectivity index (χ0) is 20.2. The maximum atomic E-state index is 12.6. The van der Waals surface area contributed by atoms with E-state index in [2.05, 4.69) is 4.98 Å². The fraction of sp³-hybridized carbons (Fsp3) is 0.0870. The molecule has 1 aliphatic rings. The lowest BCUT2D eigenvalue weighted by Gasteiger charge is -2.05. The highest BCUT2D eigenvalue weighted by molar-refractivity contribution is 6.14. The molecule has 0 spiro atoms. The molecule has 0 N–H and O–H groups in total. The van der Waals surface area contributed by atoms with Crippen molar-refractivity contribution in [3.63, 3.8) is 0 Å². The number of nitrogens with zero attached hydrogens (tertiary/aromatic N) is 1. The van der Waals surface area contributed by atoms with Crippen molar-refractivity contribution >= 4 is 17.8 Å². The molecule has 4 rings (SSSR count). The average molecular weight is 387 g/mol. The minimum absolute atomic E-state index is 0.208. The monoisotopic (exact) mass is 387 g/mol. The third kappa shape index (κ3) is 4.01. The lowest BCUT2D eigenvalue weighted by molar-refractivity contribution is 0.0734. The number of hydrogen-bond donors (Lipinski definition) is 0. The normalized spacial score (nSPS) is 13.7. The van der Waals surface area contributed by atoms with Crippen molar-refractivity contribution in [2.45, 2.75) is 6.92 Å². The molecule has 6 nitrogen and oxygen atoms in total. The molecule has 2 heterocycles. The number of pyridine rings is 1. The molecule has 2 aromatic carbocycles. The molecule has 1 aliphatic heterocycles. The van der Waals surface area contributed by atoms with E-state index >= 15 is 0 Å². The van der Waals surface area contributed by atoms with Gasteiger partial charge in [0.1, 0.15) is 17.2 Å². The first-order valence-corrected chi connectivity index (χ1v) is 9.07. The topological polar surface area (TPSA) is 74.7 Å². The van der Waals surface area contributed by atoms with E-state index in [0.29, 0.717) is 23.5 Å². The highest BCUT2D eigenvalue weighted by Crippen LogP contribution is 2.35. The van der Waals surface area contributed by atoms with Gasteiger partial charge in [-0.05, 0) is 55.0 Å². The van der Waals surface area contributed by atoms with Crippen molar-refractivity contribution in [1.82, 2.24) is 4.98 Å². The van der Waals surface area contributed by atoms with Crippen LogP contribution in [-0.4, -0.2) is 23.3 Å². The standard InChI is InChI=1S/C23H17NO5/c1-2-27-17-7-5-15(6-8-17)12-21-22(25)19-10-9-18(13-20(19)29-21)28-23(26)16-4-3-11-24-14-16/h3-14H,2H2,1H3/b21-12-. The first kappa shape index (κ1) is 18.4. The van der Waals surface area contributed by atoms with E-state index in [1.54, 1.807) is 36.5 Å². The lowest BCUT2D eigenvalue weighted by atomic mass is 10.1. The van der Waals surface area contributed by atoms with E-state index in [-0.39, 0.29) is 17.3 Å². The highest BCUT2D eigenvalue weighted by atomic mass is 16.5. The number of ether oxygens (including phenoxy) is 3. The smallest absolute Gasteiger partial charge is 0.345 e. The third-order valence-corrected chi connectivity index (χ3v) is 4.24. The number of hydrogen-bond acceptors (Lipinski definition) is 6. The molecule has 0 fully saturated rings. The first-order chi connectivity index (χ1) is 14.1. The summed E-state index contributed by atoms with van der Waals surface area (Å²) in [5.74, 6) is 0.847. The lowest BCUT2D eigenvalue weighted by Crippen LogP contribution is -2.08. The van der Waals surface area contributed by atoms with Gasteiger partial charge in [0.05, 0.1) is 17.7 Å². The number of ketones is 1. The van der Waals surface area contributed by atoms with Crippen LogP contribution < -0.4 is 14.2 Å². The summed E-state index contributed by atoms with van der Waals surface area (Å²) in [7, 11) is 0. The molecule has 6 heteroatoms. The Balaban J connectivity index is 1.51. The van der Waals surface area contributed by atoms with Gasteiger partial charge in [0.25, 0.3) is 0 Å². The van der Waals surface area contributed by atoms with Gasteiger partial charge in [-0.3, -0.25) is 9.78 Å². The summed E-state index contributed by atoms with van der Waals surface area (Å²) in [6.45, 7) is 2.51. The van der Waals surface area contributed by atoms with Gasteiger partial charge in [0.15, 0.2) is 5.76 Å². The number of carbonyl (C=O) groups is 2. The zero-order valence-electron chi connectivity index (χ0n) is 15.6. The number of rotatable bonds is 5. The van der Waals surface area contributed by atoms with Crippen LogP contribution in [0.4, 0.5) is 0 Å². The van der Waals surface area contributed by atoms with Gasteiger partial charge in [-0.15, -0.1) is 0 Å². The first-order valence-electron chi connectivity index (χ1n) is 9.07. The van der Waals surface area contributed by atoms with Gasteiger partial charge in [-0.2, -0.15) is 0 Å². The van der Waals surface area contributed by atoms with Crippen LogP contribution >= 0.6 is 0 Å². The van der Waals surface area contributed by atoms with E-state index in [1.807, 2.05) is 31.2 Å². The van der Waals surface area contributed by atoms with Crippen LogP contribution in [0.25, 0.3) is 6.08 Å². The van der Waals surface area contributed by atoms with Crippen molar-refractivity contribution in [1.29, 1.82) is 0 Å². The van der Waals surface area contributed by atoms with Crippen molar-refractivity contribution in [2.24, 2.45) is 0 Å². The van der Waals surface area contributed by atoms with Gasteiger partial charge in [0.2, 0.25) is 5.78 Å². The van der Waals surface area contributed by atoms with Gasteiger partial charge < -0.3 is 14.2 Å². The molecule has 1 aromatic heterocycles. The Morgan fingerprint density at radius 1 is 1.10 bits per heavy atom. The Bertz CT molecular complexity index is 1090. The van der Waals surface area contributed by atoms with E-state index < -0.39 is 5.97 Å². The molecular weight excluding hydrogens is 370 g/mol. The van der Waals surface area contributed by atoms with Crippen molar-refractivity contribution in [3.05, 3.63) is 89.4 Å². The third-order valence-electron chi connectivity index (χ3n) is 4.24. The van der Waals surface area contributed by atoms with Gasteiger partial charge in [0, 0.05) is 18.5 Å². The Labute approximate surface area is 167 Å². The molecule has 0 atom stereocenters. The minimum Gasteiger partial charge on any atom is -0.494 e. The molecule has 0 aliphatic carbocycles. The average Bonchev–Trinajstić information content (AvgIpc) is 3.05. The Kier molecular flexibility index (Phi) is 5.07. The summed E-state index contributed by atoms with van der Waals surface area (Å²) in [4.78, 5) is 28.7. The van der Waals surface area contributed by atoms with Crippen LogP contribution in [0.3, 0.4) is 0 Å². The summed E-state index contributed by atoms with van der Waals surface area (Å²) in [5, 5.41) is 0. The molecule has 0 amide bonds. The quantitative estimate of drug-likeness (QED) is 0.369. The number of benzene rings is 2. The summed E-state index contributed by atoms with van der Waals surface area (Å²) in [6.07, 6.45) is 4.66. The van der Waals surface area contributed by atoms with Crippen LogP contribution in [0, 0.1) is 0 Å². The number of Topliss-reactive ketones (excluding diaryl/α,β-unsaturated/α-hetero) is 1. The fourth-order valence-electron chi connectivity index (χ4n) is 2.86. The maximum absolute atomic E-state index is 12.6. The molecule has 144 valence electrons. The predicted octanol–water partition coefficient (Wildman–Crippen LogP) is 4.32. The number of carbonyl (C=O) groups excluding carboxylic acids is 2. The minimum atomic E-state index is -0.535. The molecule has 0 bridgehead atoms. The molecule has 3 aromatic rings. The second-order valence-electron chi connectivity index (χ2n) is 6.23. The predicted molar refractivity (Wildman–Crippen MR) is 106 cm³/mol.